The minimum Gasteiger partial charge on any atom is -0.463 e. The van der Waals surface area contributed by atoms with Gasteiger partial charge in [0.1, 0.15) is 6.61 Å². The Morgan fingerprint density at radius 3 is 2.83 bits per heavy atom. The zero-order valence-electron chi connectivity index (χ0n) is 10.5. The summed E-state index contributed by atoms with van der Waals surface area (Å²) in [5.74, 6) is 0.0377. The van der Waals surface area contributed by atoms with Crippen LogP contribution in [-0.4, -0.2) is 25.5 Å². The van der Waals surface area contributed by atoms with Gasteiger partial charge < -0.3 is 15.8 Å². The van der Waals surface area contributed by atoms with E-state index in [1.807, 2.05) is 12.2 Å². The van der Waals surface area contributed by atoms with Crippen molar-refractivity contribution in [2.75, 3.05) is 13.2 Å². The molecule has 0 aliphatic heterocycles. The Morgan fingerprint density at radius 1 is 1.39 bits per heavy atom. The van der Waals surface area contributed by atoms with Gasteiger partial charge in [-0.1, -0.05) is 6.08 Å². The van der Waals surface area contributed by atoms with Gasteiger partial charge >= 0.3 is 0 Å². The predicted octanol–water partition coefficient (Wildman–Crippen LogP) is 1.01. The molecular weight excluding hydrogens is 232 g/mol. The minimum atomic E-state index is 0.0377. The van der Waals surface area contributed by atoms with Crippen LogP contribution in [0.3, 0.4) is 0 Å². The van der Waals surface area contributed by atoms with Crippen molar-refractivity contribution in [3.63, 3.8) is 0 Å². The van der Waals surface area contributed by atoms with Crippen molar-refractivity contribution in [2.45, 2.75) is 32.1 Å². The first kappa shape index (κ1) is 14.4. The van der Waals surface area contributed by atoms with Gasteiger partial charge in [0.15, 0.2) is 0 Å². The maximum atomic E-state index is 11.6. The first-order chi connectivity index (χ1) is 8.76. The molecule has 0 atom stereocenters. The molecule has 0 saturated heterocycles. The van der Waals surface area contributed by atoms with Crippen molar-refractivity contribution in [2.24, 2.45) is 5.73 Å². The second kappa shape index (κ2) is 8.47. The molecular formula is C13H20N2O3. The molecule has 18 heavy (non-hydrogen) atoms. The van der Waals surface area contributed by atoms with Gasteiger partial charge in [0.25, 0.3) is 6.47 Å². The Morgan fingerprint density at radius 2 is 2.22 bits per heavy atom. The van der Waals surface area contributed by atoms with Crippen LogP contribution in [0.1, 0.15) is 32.1 Å². The van der Waals surface area contributed by atoms with Gasteiger partial charge in [-0.05, 0) is 43.9 Å². The minimum absolute atomic E-state index is 0.0377. The Hall–Kier alpha value is -1.62. The molecule has 100 valence electrons. The molecule has 0 aromatic carbocycles. The third kappa shape index (κ3) is 5.63. The van der Waals surface area contributed by atoms with Crippen LogP contribution in [0.25, 0.3) is 0 Å². The van der Waals surface area contributed by atoms with Crippen molar-refractivity contribution >= 4 is 12.4 Å². The highest BCUT2D eigenvalue weighted by molar-refractivity contribution is 5.77. The molecule has 0 radical (unpaired) electrons. The fraction of sp³-hybridized carbons (Fsp3) is 0.538. The number of carbonyl (C=O) groups is 2. The number of carbonyl (C=O) groups excluding carboxylic acids is 2. The molecule has 0 unspecified atom stereocenters. The lowest BCUT2D eigenvalue weighted by Crippen LogP contribution is -2.23. The van der Waals surface area contributed by atoms with Crippen LogP contribution < -0.4 is 11.1 Å². The zero-order chi connectivity index (χ0) is 13.2. The van der Waals surface area contributed by atoms with E-state index < -0.39 is 0 Å². The lowest BCUT2D eigenvalue weighted by atomic mass is 10.0. The third-order valence-electron chi connectivity index (χ3n) is 2.73. The SMILES string of the molecule is NCCCCC(=O)NC1=CC=C(COC=O)CC1. The molecule has 5 nitrogen and oxygen atoms in total. The lowest BCUT2D eigenvalue weighted by Gasteiger charge is -2.15. The van der Waals surface area contributed by atoms with E-state index in [-0.39, 0.29) is 5.91 Å². The van der Waals surface area contributed by atoms with E-state index in [0.717, 1.165) is 37.0 Å². The monoisotopic (exact) mass is 252 g/mol. The lowest BCUT2D eigenvalue weighted by molar-refractivity contribution is -0.127. The quantitative estimate of drug-likeness (QED) is 0.499. The number of ether oxygens (including phenoxy) is 1. The second-order valence-corrected chi connectivity index (χ2v) is 4.22. The summed E-state index contributed by atoms with van der Waals surface area (Å²) >= 11 is 0. The number of hydrogen-bond acceptors (Lipinski definition) is 4. The Labute approximate surface area is 107 Å². The molecule has 1 aliphatic carbocycles. The highest BCUT2D eigenvalue weighted by Gasteiger charge is 2.09. The summed E-state index contributed by atoms with van der Waals surface area (Å²) in [6, 6.07) is 0. The van der Waals surface area contributed by atoms with Crippen LogP contribution in [-0.2, 0) is 14.3 Å². The first-order valence-corrected chi connectivity index (χ1v) is 6.20. The van der Waals surface area contributed by atoms with E-state index in [2.05, 4.69) is 10.1 Å². The standard InChI is InChI=1S/C13H20N2O3/c14-8-2-1-3-13(17)15-12-6-4-11(5-7-12)9-18-10-16/h4,6,10H,1-3,5,7-9,14H2,(H,15,17). The van der Waals surface area contributed by atoms with Gasteiger partial charge in [0.2, 0.25) is 5.91 Å². The normalized spacial score (nSPS) is 14.5. The average molecular weight is 252 g/mol. The number of unbranched alkanes of at least 4 members (excludes halogenated alkanes) is 1. The number of allylic oxidation sites excluding steroid dienone is 3. The van der Waals surface area contributed by atoms with Gasteiger partial charge in [0, 0.05) is 12.1 Å². The molecule has 1 rings (SSSR count). The van der Waals surface area contributed by atoms with Crippen molar-refractivity contribution in [1.82, 2.24) is 5.32 Å². The number of rotatable bonds is 8. The number of hydrogen-bond donors (Lipinski definition) is 2. The van der Waals surface area contributed by atoms with E-state index in [0.29, 0.717) is 26.0 Å². The van der Waals surface area contributed by atoms with Gasteiger partial charge in [-0.3, -0.25) is 9.59 Å². The maximum absolute atomic E-state index is 11.6. The number of nitrogens with one attached hydrogen (secondary N) is 1. The smallest absolute Gasteiger partial charge is 0.293 e. The van der Waals surface area contributed by atoms with Crippen LogP contribution >= 0.6 is 0 Å². The summed E-state index contributed by atoms with van der Waals surface area (Å²) in [4.78, 5) is 21.6. The second-order valence-electron chi connectivity index (χ2n) is 4.22. The largest absolute Gasteiger partial charge is 0.463 e. The Balaban J connectivity index is 2.31. The Kier molecular flexibility index (Phi) is 6.79. The van der Waals surface area contributed by atoms with E-state index in [9.17, 15) is 9.59 Å². The van der Waals surface area contributed by atoms with Gasteiger partial charge in [-0.15, -0.1) is 0 Å². The van der Waals surface area contributed by atoms with Crippen molar-refractivity contribution < 1.29 is 14.3 Å². The van der Waals surface area contributed by atoms with Gasteiger partial charge in [-0.2, -0.15) is 0 Å². The highest BCUT2D eigenvalue weighted by Crippen LogP contribution is 2.16. The molecule has 0 aromatic heterocycles. The molecule has 0 spiro atoms. The summed E-state index contributed by atoms with van der Waals surface area (Å²) in [5, 5.41) is 2.88. The fourth-order valence-corrected chi connectivity index (χ4v) is 1.72. The van der Waals surface area contributed by atoms with Crippen LogP contribution in [0.2, 0.25) is 0 Å². The van der Waals surface area contributed by atoms with Crippen LogP contribution in [0.4, 0.5) is 0 Å². The van der Waals surface area contributed by atoms with Crippen molar-refractivity contribution in [3.8, 4) is 0 Å². The molecule has 0 bridgehead atoms. The molecule has 0 fully saturated rings. The summed E-state index contributed by atoms with van der Waals surface area (Å²) in [6.45, 7) is 1.40. The summed E-state index contributed by atoms with van der Waals surface area (Å²) < 4.78 is 4.68. The van der Waals surface area contributed by atoms with Gasteiger partial charge in [0.05, 0.1) is 0 Å². The van der Waals surface area contributed by atoms with E-state index in [1.54, 1.807) is 0 Å². The maximum Gasteiger partial charge on any atom is 0.293 e. The average Bonchev–Trinajstić information content (AvgIpc) is 2.38. The number of amides is 1. The molecule has 0 aromatic rings. The van der Waals surface area contributed by atoms with Crippen molar-refractivity contribution in [3.05, 3.63) is 23.4 Å². The fourth-order valence-electron chi connectivity index (χ4n) is 1.72. The van der Waals surface area contributed by atoms with Crippen LogP contribution in [0.5, 0.6) is 0 Å². The van der Waals surface area contributed by atoms with Crippen LogP contribution in [0.15, 0.2) is 23.4 Å². The molecule has 0 saturated carbocycles. The molecule has 1 amide bonds. The van der Waals surface area contributed by atoms with E-state index in [1.165, 1.54) is 0 Å². The van der Waals surface area contributed by atoms with E-state index >= 15 is 0 Å². The number of nitrogens with two attached hydrogens (primary N) is 1. The predicted molar refractivity (Wildman–Crippen MR) is 68.5 cm³/mol. The summed E-state index contributed by atoms with van der Waals surface area (Å²) in [7, 11) is 0. The highest BCUT2D eigenvalue weighted by atomic mass is 16.5. The topological polar surface area (TPSA) is 81.4 Å². The van der Waals surface area contributed by atoms with E-state index in [4.69, 9.17) is 5.73 Å². The zero-order valence-corrected chi connectivity index (χ0v) is 10.5. The summed E-state index contributed by atoms with van der Waals surface area (Å²) in [6.07, 6.45) is 7.55. The van der Waals surface area contributed by atoms with Crippen molar-refractivity contribution in [1.29, 1.82) is 0 Å². The van der Waals surface area contributed by atoms with Crippen LogP contribution in [0, 0.1) is 0 Å². The third-order valence-corrected chi connectivity index (χ3v) is 2.73. The van der Waals surface area contributed by atoms with Gasteiger partial charge in [-0.25, -0.2) is 0 Å². The first-order valence-electron chi connectivity index (χ1n) is 6.20. The molecule has 1 aliphatic rings. The summed E-state index contributed by atoms with van der Waals surface area (Å²) in [5.41, 5.74) is 7.34. The molecule has 0 heterocycles. The molecule has 3 N–H and O–H groups in total. The Bertz CT molecular complexity index is 348. The molecule has 5 heteroatoms.